The van der Waals surface area contributed by atoms with Gasteiger partial charge in [-0.25, -0.2) is 4.99 Å². The molecule has 3 fully saturated rings. The predicted octanol–water partition coefficient (Wildman–Crippen LogP) is 3.34. The average molecular weight is 413 g/mol. The lowest BCUT2D eigenvalue weighted by Gasteiger charge is -2.30. The largest absolute Gasteiger partial charge is 0.492 e. The summed E-state index contributed by atoms with van der Waals surface area (Å²) in [5, 5.41) is 0. The Labute approximate surface area is 178 Å². The van der Waals surface area contributed by atoms with E-state index >= 15 is 0 Å². The van der Waals surface area contributed by atoms with Crippen molar-refractivity contribution in [3.05, 3.63) is 29.8 Å². The fourth-order valence-electron chi connectivity index (χ4n) is 5.37. The van der Waals surface area contributed by atoms with E-state index in [-0.39, 0.29) is 18.1 Å². The van der Waals surface area contributed by atoms with Crippen LogP contribution in [0.1, 0.15) is 56.4 Å². The standard InChI is InChI=1S/C24H32N2O4/c27-24(23-6-3-14-28-23)25-20-11-12-26-13-15-29-22-5-2-1-4-19(22)17-7-9-18(10-8-17)30-16-21(20)26/h1-2,4-5,17-18,21,23H,3,6-16H2/t17?,18?,21-,23?/m0/s1. The zero-order valence-corrected chi connectivity index (χ0v) is 17.6. The zero-order chi connectivity index (χ0) is 20.3. The van der Waals surface area contributed by atoms with E-state index in [0.29, 0.717) is 31.8 Å². The Morgan fingerprint density at radius 3 is 2.70 bits per heavy atom. The first-order valence-corrected chi connectivity index (χ1v) is 11.6. The number of benzene rings is 1. The summed E-state index contributed by atoms with van der Waals surface area (Å²) < 4.78 is 18.2. The Morgan fingerprint density at radius 2 is 1.87 bits per heavy atom. The number of para-hydroxylation sites is 1. The number of ether oxygens (including phenoxy) is 3. The fraction of sp³-hybridized carbons (Fsp3) is 0.667. The van der Waals surface area contributed by atoms with Crippen LogP contribution in [0.4, 0.5) is 0 Å². The molecule has 0 radical (unpaired) electrons. The number of carbonyl (C=O) groups excluding carboxylic acids is 1. The van der Waals surface area contributed by atoms with Gasteiger partial charge in [0.2, 0.25) is 0 Å². The topological polar surface area (TPSA) is 60.4 Å². The average Bonchev–Trinajstić information content (AvgIpc) is 3.44. The van der Waals surface area contributed by atoms with E-state index in [0.717, 1.165) is 69.5 Å². The number of aliphatic imine (C=N–C) groups is 1. The van der Waals surface area contributed by atoms with Crippen LogP contribution < -0.4 is 4.74 Å². The molecule has 5 aliphatic rings. The molecular weight excluding hydrogens is 380 g/mol. The van der Waals surface area contributed by atoms with Crippen molar-refractivity contribution in [2.45, 2.75) is 69.1 Å². The number of rotatable bonds is 1. The molecule has 1 aromatic carbocycles. The molecule has 6 heteroatoms. The van der Waals surface area contributed by atoms with E-state index in [1.54, 1.807) is 0 Å². The summed E-state index contributed by atoms with van der Waals surface area (Å²) in [6, 6.07) is 8.57. The highest BCUT2D eigenvalue weighted by molar-refractivity contribution is 6.01. The smallest absolute Gasteiger partial charge is 0.274 e. The summed E-state index contributed by atoms with van der Waals surface area (Å²) in [5.74, 6) is 1.47. The second-order valence-electron chi connectivity index (χ2n) is 8.94. The first kappa shape index (κ1) is 20.2. The number of hydrogen-bond acceptors (Lipinski definition) is 5. The van der Waals surface area contributed by atoms with E-state index in [1.807, 2.05) is 0 Å². The van der Waals surface area contributed by atoms with Gasteiger partial charge in [-0.1, -0.05) is 18.2 Å². The lowest BCUT2D eigenvalue weighted by molar-refractivity contribution is -0.126. The van der Waals surface area contributed by atoms with Crippen LogP contribution in [-0.2, 0) is 14.3 Å². The van der Waals surface area contributed by atoms with Crippen molar-refractivity contribution in [1.82, 2.24) is 4.90 Å². The minimum Gasteiger partial charge on any atom is -0.492 e. The maximum absolute atomic E-state index is 12.6. The highest BCUT2D eigenvalue weighted by atomic mass is 16.5. The molecule has 6 nitrogen and oxygen atoms in total. The molecule has 0 aromatic heterocycles. The lowest BCUT2D eigenvalue weighted by atomic mass is 9.82. The third-order valence-electron chi connectivity index (χ3n) is 7.10. The first-order chi connectivity index (χ1) is 14.8. The van der Waals surface area contributed by atoms with E-state index < -0.39 is 0 Å². The van der Waals surface area contributed by atoms with Gasteiger partial charge in [0.05, 0.1) is 18.8 Å². The molecule has 6 rings (SSSR count). The fourth-order valence-corrected chi connectivity index (χ4v) is 5.37. The Hall–Kier alpha value is -1.76. The van der Waals surface area contributed by atoms with Crippen molar-refractivity contribution in [1.29, 1.82) is 0 Å². The molecule has 1 aliphatic carbocycles. The molecule has 0 spiro atoms. The molecule has 2 atom stereocenters. The summed E-state index contributed by atoms with van der Waals surface area (Å²) in [6.45, 7) is 3.62. The Bertz CT molecular complexity index is 781. The van der Waals surface area contributed by atoms with Gasteiger partial charge in [0.1, 0.15) is 18.5 Å². The number of hydrogen-bond donors (Lipinski definition) is 0. The molecule has 162 valence electrons. The number of fused-ring (bicyclic) bond motifs is 5. The first-order valence-electron chi connectivity index (χ1n) is 11.6. The highest BCUT2D eigenvalue weighted by Crippen LogP contribution is 2.38. The minimum atomic E-state index is -0.350. The molecule has 1 amide bonds. The quantitative estimate of drug-likeness (QED) is 0.708. The molecular formula is C24H32N2O4. The zero-order valence-electron chi connectivity index (χ0n) is 17.6. The van der Waals surface area contributed by atoms with Crippen LogP contribution in [0.25, 0.3) is 0 Å². The van der Waals surface area contributed by atoms with Gasteiger partial charge in [0.25, 0.3) is 5.91 Å². The second-order valence-corrected chi connectivity index (χ2v) is 8.94. The van der Waals surface area contributed by atoms with Crippen molar-refractivity contribution in [2.75, 3.05) is 32.9 Å². The maximum atomic E-state index is 12.6. The van der Waals surface area contributed by atoms with Crippen molar-refractivity contribution in [3.8, 4) is 5.75 Å². The van der Waals surface area contributed by atoms with Gasteiger partial charge in [0, 0.05) is 31.8 Å². The van der Waals surface area contributed by atoms with Crippen molar-refractivity contribution in [3.63, 3.8) is 0 Å². The highest BCUT2D eigenvalue weighted by Gasteiger charge is 2.34. The van der Waals surface area contributed by atoms with Crippen LogP contribution in [0.2, 0.25) is 0 Å². The second kappa shape index (κ2) is 9.16. The van der Waals surface area contributed by atoms with E-state index in [2.05, 4.69) is 34.2 Å². The van der Waals surface area contributed by atoms with Crippen LogP contribution in [-0.4, -0.2) is 67.7 Å². The van der Waals surface area contributed by atoms with E-state index in [9.17, 15) is 4.79 Å². The Kier molecular flexibility index (Phi) is 6.16. The van der Waals surface area contributed by atoms with Gasteiger partial charge in [0.15, 0.2) is 0 Å². The molecule has 4 aliphatic heterocycles. The van der Waals surface area contributed by atoms with Crippen LogP contribution >= 0.6 is 0 Å². The molecule has 30 heavy (non-hydrogen) atoms. The van der Waals surface area contributed by atoms with Crippen molar-refractivity contribution >= 4 is 11.6 Å². The van der Waals surface area contributed by atoms with Crippen LogP contribution in [0.15, 0.2) is 29.3 Å². The molecule has 2 saturated heterocycles. The van der Waals surface area contributed by atoms with Gasteiger partial charge in [-0.05, 0) is 56.1 Å². The summed E-state index contributed by atoms with van der Waals surface area (Å²) in [7, 11) is 0. The predicted molar refractivity (Wildman–Crippen MR) is 114 cm³/mol. The summed E-state index contributed by atoms with van der Waals surface area (Å²) in [5.41, 5.74) is 2.30. The maximum Gasteiger partial charge on any atom is 0.274 e. The van der Waals surface area contributed by atoms with Gasteiger partial charge < -0.3 is 14.2 Å². The molecule has 1 unspecified atom stereocenters. The van der Waals surface area contributed by atoms with Crippen LogP contribution in [0.3, 0.4) is 0 Å². The van der Waals surface area contributed by atoms with Crippen LogP contribution in [0, 0.1) is 0 Å². The molecule has 4 heterocycles. The summed E-state index contributed by atoms with van der Waals surface area (Å²) in [4.78, 5) is 19.5. The normalized spacial score (nSPS) is 33.8. The monoisotopic (exact) mass is 412 g/mol. The van der Waals surface area contributed by atoms with Gasteiger partial charge in [-0.15, -0.1) is 0 Å². The summed E-state index contributed by atoms with van der Waals surface area (Å²) >= 11 is 0. The van der Waals surface area contributed by atoms with E-state index in [1.165, 1.54) is 5.56 Å². The van der Waals surface area contributed by atoms with Crippen molar-refractivity contribution < 1.29 is 19.0 Å². The van der Waals surface area contributed by atoms with Crippen LogP contribution in [0.5, 0.6) is 5.75 Å². The number of amides is 1. The number of carbonyl (C=O) groups is 1. The summed E-state index contributed by atoms with van der Waals surface area (Å²) in [6.07, 6.45) is 6.93. The number of nitrogens with zero attached hydrogens (tertiary/aromatic N) is 2. The third kappa shape index (κ3) is 4.32. The van der Waals surface area contributed by atoms with Gasteiger partial charge >= 0.3 is 0 Å². The van der Waals surface area contributed by atoms with Crippen molar-refractivity contribution in [2.24, 2.45) is 4.99 Å². The molecule has 2 bridgehead atoms. The molecule has 1 aromatic rings. The molecule has 0 N–H and O–H groups in total. The molecule has 1 saturated carbocycles. The minimum absolute atomic E-state index is 0.0627. The SMILES string of the molecule is O=C(N=C1CCN2CCOc3ccccc3C3CCC(CC3)OC[C@@H]12)C1CCCO1. The Morgan fingerprint density at radius 1 is 1.00 bits per heavy atom. The van der Waals surface area contributed by atoms with Gasteiger partial charge in [-0.3, -0.25) is 9.69 Å². The third-order valence-corrected chi connectivity index (χ3v) is 7.10. The Balaban J connectivity index is 1.34. The lowest BCUT2D eigenvalue weighted by Crippen LogP contribution is -2.41. The van der Waals surface area contributed by atoms with E-state index in [4.69, 9.17) is 14.2 Å². The van der Waals surface area contributed by atoms with Gasteiger partial charge in [-0.2, -0.15) is 0 Å².